The van der Waals surface area contributed by atoms with E-state index in [9.17, 15) is 15.3 Å². The molecule has 15 aliphatic rings. The van der Waals surface area contributed by atoms with Crippen molar-refractivity contribution in [2.75, 3.05) is 0 Å². The molecule has 0 aromatic carbocycles. The number of hydrogen-bond donors (Lipinski definition) is 3. The zero-order valence-corrected chi connectivity index (χ0v) is 37.1. The van der Waals surface area contributed by atoms with Crippen molar-refractivity contribution >= 4 is 0 Å². The molecule has 15 heteroatoms. The summed E-state index contributed by atoms with van der Waals surface area (Å²) in [7, 11) is 0. The normalized spacial score (nSPS) is 61.8. The van der Waals surface area contributed by atoms with E-state index in [0.717, 1.165) is 57.8 Å². The van der Waals surface area contributed by atoms with E-state index >= 15 is 0 Å². The van der Waals surface area contributed by atoms with E-state index in [-0.39, 0.29) is 35.5 Å². The Labute approximate surface area is 354 Å². The van der Waals surface area contributed by atoms with Gasteiger partial charge in [-0.25, -0.2) is 29.3 Å². The molecule has 3 N–H and O–H groups in total. The van der Waals surface area contributed by atoms with Crippen molar-refractivity contribution in [3.05, 3.63) is 0 Å². The van der Waals surface area contributed by atoms with Crippen LogP contribution in [0.25, 0.3) is 0 Å². The zero-order valence-electron chi connectivity index (χ0n) is 37.1. The van der Waals surface area contributed by atoms with Crippen LogP contribution in [0.15, 0.2) is 0 Å². The molecular weight excluding hydrogens is 780 g/mol. The van der Waals surface area contributed by atoms with Crippen molar-refractivity contribution in [2.45, 2.75) is 211 Å². The van der Waals surface area contributed by atoms with Crippen molar-refractivity contribution in [2.24, 2.45) is 71.0 Å². The first-order valence-corrected chi connectivity index (χ1v) is 23.5. The molecule has 15 rings (SSSR count). The van der Waals surface area contributed by atoms with Crippen LogP contribution in [0.1, 0.15) is 139 Å². The second-order valence-electron chi connectivity index (χ2n) is 21.9. The van der Waals surface area contributed by atoms with Gasteiger partial charge in [0.2, 0.25) is 17.4 Å². The van der Waals surface area contributed by atoms with Crippen LogP contribution in [0.2, 0.25) is 0 Å². The molecule has 0 radical (unpaired) electrons. The highest BCUT2D eigenvalue weighted by Gasteiger charge is 2.72. The summed E-state index contributed by atoms with van der Waals surface area (Å²) in [5, 5.41) is 30.6. The quantitative estimate of drug-likeness (QED) is 0.224. The van der Waals surface area contributed by atoms with Gasteiger partial charge < -0.3 is 43.7 Å². The standard InChI is InChI=1S/3C15H24O5/c3*1-8-4-5-11-9(2)12(16)17-13-15(11)10(8)6-7-14(3,18-13)19-20-15/h3*8-13,16H,4-7H2,1-3H3/t3*8-,9-,10+,11+,12+,13-,14-,15-/m111/s1. The third kappa shape index (κ3) is 6.29. The lowest BCUT2D eigenvalue weighted by molar-refractivity contribution is -0.576. The summed E-state index contributed by atoms with van der Waals surface area (Å²) in [4.78, 5) is 34.9. The molecule has 15 nitrogen and oxygen atoms in total. The van der Waals surface area contributed by atoms with Crippen LogP contribution < -0.4 is 0 Å². The number of aliphatic hydroxyl groups is 3. The smallest absolute Gasteiger partial charge is 0.201 e. The molecule has 3 saturated carbocycles. The van der Waals surface area contributed by atoms with Gasteiger partial charge in [0, 0.05) is 54.8 Å². The first kappa shape index (κ1) is 43.3. The van der Waals surface area contributed by atoms with Gasteiger partial charge in [0.05, 0.1) is 0 Å². The van der Waals surface area contributed by atoms with E-state index in [1.54, 1.807) is 0 Å². The van der Waals surface area contributed by atoms with Crippen LogP contribution in [0.5, 0.6) is 0 Å². The minimum atomic E-state index is -0.781. The monoisotopic (exact) mass is 852 g/mol. The molecule has 12 aliphatic heterocycles. The lowest BCUT2D eigenvalue weighted by Gasteiger charge is -2.59. The van der Waals surface area contributed by atoms with E-state index < -0.39 is 71.9 Å². The molecule has 0 amide bonds. The maximum Gasteiger partial charge on any atom is 0.201 e. The molecule has 12 saturated heterocycles. The summed E-state index contributed by atoms with van der Waals surface area (Å²) >= 11 is 0. The van der Waals surface area contributed by atoms with Crippen LogP contribution in [0.4, 0.5) is 0 Å². The highest BCUT2D eigenvalue weighted by atomic mass is 17.3. The summed E-state index contributed by atoms with van der Waals surface area (Å²) in [5.41, 5.74) is -1.65. The number of rotatable bonds is 0. The third-order valence-electron chi connectivity index (χ3n) is 18.4. The lowest BCUT2D eigenvalue weighted by Crippen LogP contribution is -2.70. The Hall–Kier alpha value is -0.600. The molecule has 0 aromatic heterocycles. The highest BCUT2D eigenvalue weighted by Crippen LogP contribution is 2.63. The fourth-order valence-corrected chi connectivity index (χ4v) is 14.7. The maximum absolute atomic E-state index is 10.2. The molecule has 342 valence electrons. The third-order valence-corrected chi connectivity index (χ3v) is 18.4. The van der Waals surface area contributed by atoms with Gasteiger partial charge in [-0.1, -0.05) is 41.5 Å². The molecular formula is C45H72O15. The van der Waals surface area contributed by atoms with Gasteiger partial charge in [-0.05, 0) is 114 Å². The fraction of sp³-hybridized carbons (Fsp3) is 1.00. The van der Waals surface area contributed by atoms with Crippen molar-refractivity contribution in [3.8, 4) is 0 Å². The lowest BCUT2D eigenvalue weighted by atomic mass is 9.58. The van der Waals surface area contributed by atoms with E-state index in [0.29, 0.717) is 35.5 Å². The maximum atomic E-state index is 10.2. The molecule has 60 heavy (non-hydrogen) atoms. The van der Waals surface area contributed by atoms with Gasteiger partial charge >= 0.3 is 0 Å². The van der Waals surface area contributed by atoms with Gasteiger partial charge in [-0.3, -0.25) is 0 Å². The average molecular weight is 853 g/mol. The zero-order chi connectivity index (χ0) is 42.4. The molecule has 3 aliphatic carbocycles. The van der Waals surface area contributed by atoms with Crippen LogP contribution in [-0.4, -0.2) is 87.2 Å². The van der Waals surface area contributed by atoms with Gasteiger partial charge in [0.25, 0.3) is 0 Å². The first-order valence-electron chi connectivity index (χ1n) is 23.5. The van der Waals surface area contributed by atoms with Gasteiger partial charge in [-0.15, -0.1) is 0 Å². The molecule has 0 unspecified atom stereocenters. The van der Waals surface area contributed by atoms with Crippen molar-refractivity contribution in [1.82, 2.24) is 0 Å². The molecule has 3 spiro atoms. The largest absolute Gasteiger partial charge is 0.368 e. The Morgan fingerprint density at radius 2 is 0.617 bits per heavy atom. The molecule has 24 atom stereocenters. The first-order chi connectivity index (χ1) is 28.4. The minimum absolute atomic E-state index is 0.0379. The number of hydrogen-bond acceptors (Lipinski definition) is 15. The van der Waals surface area contributed by atoms with Gasteiger partial charge in [0.15, 0.2) is 54.5 Å². The fourth-order valence-electron chi connectivity index (χ4n) is 14.7. The Balaban J connectivity index is 0.000000108. The molecule has 6 bridgehead atoms. The van der Waals surface area contributed by atoms with Gasteiger partial charge in [-0.2, -0.15) is 0 Å². The van der Waals surface area contributed by atoms with E-state index in [4.69, 9.17) is 57.7 Å². The second kappa shape index (κ2) is 15.0. The van der Waals surface area contributed by atoms with Crippen LogP contribution in [-0.2, 0) is 57.7 Å². The van der Waals surface area contributed by atoms with E-state index in [1.165, 1.54) is 19.3 Å². The predicted molar refractivity (Wildman–Crippen MR) is 207 cm³/mol. The summed E-state index contributed by atoms with van der Waals surface area (Å²) in [6.45, 7) is 18.6. The summed E-state index contributed by atoms with van der Waals surface area (Å²) in [5.74, 6) is 1.31. The van der Waals surface area contributed by atoms with Crippen molar-refractivity contribution in [1.29, 1.82) is 0 Å². The Morgan fingerprint density at radius 1 is 0.350 bits per heavy atom. The topological polar surface area (TPSA) is 171 Å². The Morgan fingerprint density at radius 3 is 0.883 bits per heavy atom. The second-order valence-corrected chi connectivity index (χ2v) is 21.9. The van der Waals surface area contributed by atoms with Crippen LogP contribution >= 0.6 is 0 Å². The molecule has 12 heterocycles. The molecule has 0 aromatic rings. The minimum Gasteiger partial charge on any atom is -0.368 e. The van der Waals surface area contributed by atoms with Crippen molar-refractivity contribution in [3.63, 3.8) is 0 Å². The Bertz CT molecular complexity index is 1410. The van der Waals surface area contributed by atoms with Crippen LogP contribution in [0.3, 0.4) is 0 Å². The summed E-state index contributed by atoms with van der Waals surface area (Å²) < 4.78 is 35.6. The summed E-state index contributed by atoms with van der Waals surface area (Å²) in [6.07, 6.45) is 8.17. The predicted octanol–water partition coefficient (Wildman–Crippen LogP) is 6.56. The molecule has 15 fully saturated rings. The SMILES string of the molecule is C[C@H]1[C@@H](O)O[C@@H]2O[C@@]3(C)CC[C@H]4[C@H](C)CC[C@@H]1[C@@]24OO3.C[C@H]1[C@@H](O)O[C@@H]2O[C@@]3(C)CC[C@H]4[C@H](C)CC[C@@H]1[C@@]24OO3.C[C@H]1[C@@H](O)O[C@@H]2O[C@@]3(C)CC[C@H]4[C@H](C)CC[C@@H]1[C@@]24OO3. The number of ether oxygens (including phenoxy) is 6. The highest BCUT2D eigenvalue weighted by molar-refractivity contribution is 5.11. The van der Waals surface area contributed by atoms with E-state index in [1.807, 2.05) is 41.5 Å². The summed E-state index contributed by atoms with van der Waals surface area (Å²) in [6, 6.07) is 0. The van der Waals surface area contributed by atoms with Crippen LogP contribution in [0, 0.1) is 71.0 Å². The number of fused-ring (bicyclic) bond motifs is 6. The van der Waals surface area contributed by atoms with Crippen molar-refractivity contribution < 1.29 is 73.1 Å². The van der Waals surface area contributed by atoms with Gasteiger partial charge in [0.1, 0.15) is 0 Å². The van der Waals surface area contributed by atoms with E-state index in [2.05, 4.69) is 20.8 Å². The number of aliphatic hydroxyl groups excluding tert-OH is 3. The average Bonchev–Trinajstić information content (AvgIpc) is 3.69. The Kier molecular flexibility index (Phi) is 10.8.